The number of rotatable bonds is 3. The van der Waals surface area contributed by atoms with Crippen molar-refractivity contribution in [3.05, 3.63) is 35.6 Å². The molecule has 7 heteroatoms. The first-order chi connectivity index (χ1) is 7.97. The van der Waals surface area contributed by atoms with Crippen LogP contribution in [0.25, 0.3) is 0 Å². The Balaban J connectivity index is 2.32. The molecule has 0 atom stereocenters. The molecule has 0 bridgehead atoms. The van der Waals surface area contributed by atoms with Crippen LogP contribution in [0.5, 0.6) is 0 Å². The van der Waals surface area contributed by atoms with Crippen molar-refractivity contribution < 1.29 is 12.8 Å². The van der Waals surface area contributed by atoms with Gasteiger partial charge in [-0.3, -0.25) is 0 Å². The summed E-state index contributed by atoms with van der Waals surface area (Å²) in [6, 6.07) is 3.87. The SMILES string of the molecule is CS(=O)(=O)c1ccc(Nc2nccs2)cc1F. The normalized spacial score (nSPS) is 11.4. The van der Waals surface area contributed by atoms with E-state index in [2.05, 4.69) is 10.3 Å². The predicted molar refractivity (Wildman–Crippen MR) is 64.9 cm³/mol. The smallest absolute Gasteiger partial charge is 0.187 e. The summed E-state index contributed by atoms with van der Waals surface area (Å²) in [5.74, 6) is -0.769. The van der Waals surface area contributed by atoms with Crippen molar-refractivity contribution in [1.29, 1.82) is 0 Å². The molecule has 1 N–H and O–H groups in total. The Bertz CT molecular complexity index is 624. The van der Waals surface area contributed by atoms with Crippen molar-refractivity contribution in [2.75, 3.05) is 11.6 Å². The number of nitrogens with zero attached hydrogens (tertiary/aromatic N) is 1. The minimum absolute atomic E-state index is 0.304. The number of sulfone groups is 1. The molecule has 1 aromatic carbocycles. The third-order valence-corrected chi connectivity index (χ3v) is 3.83. The summed E-state index contributed by atoms with van der Waals surface area (Å²) in [4.78, 5) is 3.68. The van der Waals surface area contributed by atoms with E-state index in [4.69, 9.17) is 0 Å². The molecule has 90 valence electrons. The highest BCUT2D eigenvalue weighted by Crippen LogP contribution is 2.22. The second-order valence-corrected chi connectivity index (χ2v) is 6.26. The number of halogens is 1. The Kier molecular flexibility index (Phi) is 3.12. The molecule has 0 aliphatic rings. The van der Waals surface area contributed by atoms with Crippen LogP contribution in [0, 0.1) is 5.82 Å². The van der Waals surface area contributed by atoms with Crippen LogP contribution in [0.15, 0.2) is 34.7 Å². The monoisotopic (exact) mass is 272 g/mol. The van der Waals surface area contributed by atoms with Crippen LogP contribution in [-0.4, -0.2) is 19.7 Å². The molecule has 2 aromatic rings. The summed E-state index contributed by atoms with van der Waals surface area (Å²) in [5, 5.41) is 5.28. The fourth-order valence-electron chi connectivity index (χ4n) is 1.29. The lowest BCUT2D eigenvalue weighted by molar-refractivity contribution is 0.571. The number of thiazole rings is 1. The minimum Gasteiger partial charge on any atom is -0.331 e. The number of hydrogen-bond donors (Lipinski definition) is 1. The van der Waals surface area contributed by atoms with Crippen molar-refractivity contribution in [2.24, 2.45) is 0 Å². The van der Waals surface area contributed by atoms with Gasteiger partial charge in [-0.15, -0.1) is 11.3 Å². The Labute approximate surface area is 102 Å². The Morgan fingerprint density at radius 1 is 1.41 bits per heavy atom. The van der Waals surface area contributed by atoms with E-state index >= 15 is 0 Å². The molecule has 0 fully saturated rings. The summed E-state index contributed by atoms with van der Waals surface area (Å²) in [6.07, 6.45) is 2.59. The van der Waals surface area contributed by atoms with Gasteiger partial charge in [0.1, 0.15) is 10.7 Å². The van der Waals surface area contributed by atoms with Gasteiger partial charge in [-0.25, -0.2) is 17.8 Å². The molecule has 1 heterocycles. The van der Waals surface area contributed by atoms with Gasteiger partial charge in [-0.05, 0) is 18.2 Å². The van der Waals surface area contributed by atoms with Gasteiger partial charge in [-0.1, -0.05) is 0 Å². The van der Waals surface area contributed by atoms with Crippen LogP contribution in [0.3, 0.4) is 0 Å². The van der Waals surface area contributed by atoms with E-state index in [9.17, 15) is 12.8 Å². The number of hydrogen-bond acceptors (Lipinski definition) is 5. The van der Waals surface area contributed by atoms with Crippen LogP contribution < -0.4 is 5.32 Å². The van der Waals surface area contributed by atoms with Gasteiger partial charge in [-0.2, -0.15) is 0 Å². The molecule has 0 amide bonds. The van der Waals surface area contributed by atoms with Crippen molar-refractivity contribution in [3.63, 3.8) is 0 Å². The van der Waals surface area contributed by atoms with Gasteiger partial charge in [0.2, 0.25) is 0 Å². The van der Waals surface area contributed by atoms with E-state index in [1.54, 1.807) is 11.6 Å². The van der Waals surface area contributed by atoms with E-state index < -0.39 is 15.7 Å². The summed E-state index contributed by atoms with van der Waals surface area (Å²) >= 11 is 1.37. The van der Waals surface area contributed by atoms with Gasteiger partial charge in [0, 0.05) is 23.5 Å². The highest BCUT2D eigenvalue weighted by Gasteiger charge is 2.13. The van der Waals surface area contributed by atoms with Crippen molar-refractivity contribution in [1.82, 2.24) is 4.98 Å². The molecule has 0 radical (unpaired) electrons. The molecule has 0 spiro atoms. The topological polar surface area (TPSA) is 59.1 Å². The maximum absolute atomic E-state index is 13.5. The van der Waals surface area contributed by atoms with Crippen LogP contribution in [-0.2, 0) is 9.84 Å². The molecule has 0 unspecified atom stereocenters. The van der Waals surface area contributed by atoms with Crippen LogP contribution in [0.4, 0.5) is 15.2 Å². The molecule has 0 aliphatic carbocycles. The molecule has 1 aromatic heterocycles. The predicted octanol–water partition coefficient (Wildman–Crippen LogP) is 2.43. The Hall–Kier alpha value is -1.47. The molecular weight excluding hydrogens is 263 g/mol. The maximum atomic E-state index is 13.5. The lowest BCUT2D eigenvalue weighted by atomic mass is 10.3. The average Bonchev–Trinajstić information content (AvgIpc) is 2.68. The standard InChI is InChI=1S/C10H9FN2O2S2/c1-17(14,15)9-3-2-7(6-8(9)11)13-10-12-4-5-16-10/h2-6H,1H3,(H,12,13). The zero-order chi connectivity index (χ0) is 12.5. The summed E-state index contributed by atoms with van der Waals surface area (Å²) in [7, 11) is -3.53. The molecular formula is C10H9FN2O2S2. The molecule has 0 saturated heterocycles. The van der Waals surface area contributed by atoms with Gasteiger partial charge < -0.3 is 5.32 Å². The second-order valence-electron chi connectivity index (χ2n) is 3.38. The van der Waals surface area contributed by atoms with Gasteiger partial charge in [0.25, 0.3) is 0 Å². The first-order valence-electron chi connectivity index (χ1n) is 4.63. The highest BCUT2D eigenvalue weighted by atomic mass is 32.2. The fourth-order valence-corrected chi connectivity index (χ4v) is 2.57. The average molecular weight is 272 g/mol. The lowest BCUT2D eigenvalue weighted by Crippen LogP contribution is -2.01. The Morgan fingerprint density at radius 3 is 2.71 bits per heavy atom. The zero-order valence-corrected chi connectivity index (χ0v) is 10.5. The lowest BCUT2D eigenvalue weighted by Gasteiger charge is -2.05. The maximum Gasteiger partial charge on any atom is 0.187 e. The van der Waals surface area contributed by atoms with Crippen LogP contribution in [0.1, 0.15) is 0 Å². The summed E-state index contributed by atoms with van der Waals surface area (Å²) < 4.78 is 36.0. The summed E-state index contributed by atoms with van der Waals surface area (Å²) in [6.45, 7) is 0. The fraction of sp³-hybridized carbons (Fsp3) is 0.100. The second kappa shape index (κ2) is 4.42. The van der Waals surface area contributed by atoms with E-state index in [1.165, 1.54) is 23.5 Å². The largest absolute Gasteiger partial charge is 0.331 e. The van der Waals surface area contributed by atoms with Gasteiger partial charge in [0.05, 0.1) is 0 Å². The minimum atomic E-state index is -3.53. The van der Waals surface area contributed by atoms with E-state index in [1.807, 2.05) is 0 Å². The van der Waals surface area contributed by atoms with Crippen molar-refractivity contribution in [3.8, 4) is 0 Å². The zero-order valence-electron chi connectivity index (χ0n) is 8.84. The number of anilines is 2. The van der Waals surface area contributed by atoms with Gasteiger partial charge >= 0.3 is 0 Å². The Morgan fingerprint density at radius 2 is 2.18 bits per heavy atom. The van der Waals surface area contributed by atoms with Gasteiger partial charge in [0.15, 0.2) is 15.0 Å². The quantitative estimate of drug-likeness (QED) is 0.932. The van der Waals surface area contributed by atoms with Crippen LogP contribution >= 0.6 is 11.3 Å². The third-order valence-electron chi connectivity index (χ3n) is 2.01. The van der Waals surface area contributed by atoms with E-state index in [0.29, 0.717) is 10.8 Å². The van der Waals surface area contributed by atoms with Crippen molar-refractivity contribution >= 4 is 32.0 Å². The highest BCUT2D eigenvalue weighted by molar-refractivity contribution is 7.90. The first-order valence-corrected chi connectivity index (χ1v) is 7.40. The van der Waals surface area contributed by atoms with E-state index in [0.717, 1.165) is 12.3 Å². The summed E-state index contributed by atoms with van der Waals surface area (Å²) in [5.41, 5.74) is 0.463. The third kappa shape index (κ3) is 2.80. The van der Waals surface area contributed by atoms with E-state index in [-0.39, 0.29) is 4.90 Å². The molecule has 0 saturated carbocycles. The molecule has 17 heavy (non-hydrogen) atoms. The number of aromatic nitrogens is 1. The first kappa shape index (κ1) is 12.0. The molecule has 0 aliphatic heterocycles. The molecule has 2 rings (SSSR count). The molecule has 4 nitrogen and oxygen atoms in total. The number of benzene rings is 1. The van der Waals surface area contributed by atoms with Crippen LogP contribution in [0.2, 0.25) is 0 Å². The van der Waals surface area contributed by atoms with Crippen molar-refractivity contribution in [2.45, 2.75) is 4.90 Å². The number of nitrogens with one attached hydrogen (secondary N) is 1.